The Morgan fingerprint density at radius 2 is 1.57 bits per heavy atom. The summed E-state index contributed by atoms with van der Waals surface area (Å²) >= 11 is 3.69. The molecule has 1 heterocycles. The normalized spacial score (nSPS) is 17.8. The van der Waals surface area contributed by atoms with Crippen LogP contribution in [0, 0.1) is 0 Å². The fraction of sp³-hybridized carbons (Fsp3) is 0.235. The van der Waals surface area contributed by atoms with Gasteiger partial charge in [0.2, 0.25) is 5.90 Å². The van der Waals surface area contributed by atoms with E-state index in [4.69, 9.17) is 19.6 Å². The smallest absolute Gasteiger partial charge is 0.266 e. The molecule has 2 atom stereocenters. The molecule has 0 radical (unpaired) electrons. The summed E-state index contributed by atoms with van der Waals surface area (Å²) in [7, 11) is 0. The van der Waals surface area contributed by atoms with E-state index in [9.17, 15) is 4.79 Å². The maximum absolute atomic E-state index is 14.2. The third-order valence-corrected chi connectivity index (χ3v) is 7.84. The van der Waals surface area contributed by atoms with E-state index in [2.05, 4.69) is 38.9 Å². The van der Waals surface area contributed by atoms with Crippen molar-refractivity contribution in [3.05, 3.63) is 136 Å². The topological polar surface area (TPSA) is 92.2 Å². The summed E-state index contributed by atoms with van der Waals surface area (Å²) in [5, 5.41) is 9.04. The zero-order valence-corrected chi connectivity index (χ0v) is 24.8. The molecule has 0 aliphatic carbocycles. The summed E-state index contributed by atoms with van der Waals surface area (Å²) in [5.74, 6) is 0.788. The molecule has 4 aromatic rings. The van der Waals surface area contributed by atoms with Crippen LogP contribution in [0.5, 0.6) is 5.75 Å². The van der Waals surface area contributed by atoms with Gasteiger partial charge in [0.1, 0.15) is 5.75 Å². The summed E-state index contributed by atoms with van der Waals surface area (Å²) in [6, 6.07) is 35.2. The molecular weight excluding hydrogens is 594 g/mol. The van der Waals surface area contributed by atoms with E-state index in [-0.39, 0.29) is 12.5 Å². The molecule has 1 aliphatic rings. The summed E-state index contributed by atoms with van der Waals surface area (Å²) in [5.41, 5.74) is 8.49. The van der Waals surface area contributed by atoms with Crippen molar-refractivity contribution in [2.45, 2.75) is 30.9 Å². The Morgan fingerprint density at radius 3 is 2.26 bits per heavy atom. The predicted molar refractivity (Wildman–Crippen MR) is 167 cm³/mol. The number of aliphatic hydroxyl groups is 1. The maximum Gasteiger partial charge on any atom is 0.266 e. The quantitative estimate of drug-likeness (QED) is 0.133. The van der Waals surface area contributed by atoms with Gasteiger partial charge in [-0.15, -0.1) is 0 Å². The molecule has 0 fully saturated rings. The number of hydrogen-bond donors (Lipinski definition) is 3. The fourth-order valence-electron chi connectivity index (χ4n) is 4.96. The molecule has 5 rings (SSSR count). The second-order valence-electron chi connectivity index (χ2n) is 10.1. The Balaban J connectivity index is 1.47. The van der Waals surface area contributed by atoms with Crippen molar-refractivity contribution in [2.75, 3.05) is 19.8 Å². The molecule has 42 heavy (non-hydrogen) atoms. The van der Waals surface area contributed by atoms with Crippen LogP contribution in [-0.4, -0.2) is 42.2 Å². The molecule has 0 saturated carbocycles. The van der Waals surface area contributed by atoms with Crippen molar-refractivity contribution in [3.63, 3.8) is 0 Å². The van der Waals surface area contributed by atoms with Crippen LogP contribution in [0.15, 0.2) is 119 Å². The predicted octanol–water partition coefficient (Wildman–Crippen LogP) is 5.57. The highest BCUT2D eigenvalue weighted by molar-refractivity contribution is 9.10. The average Bonchev–Trinajstić information content (AvgIpc) is 3.41. The number of nitrogens with one attached hydrogen (secondary N) is 2. The Kier molecular flexibility index (Phi) is 10.0. The lowest BCUT2D eigenvalue weighted by Gasteiger charge is -2.31. The standard InChI is InChI=1S/C34H34BrN3O4/c35-30-15-8-7-14-29(30)31-34(24-26-12-5-2-6-13-26,33(40)38-36-21-20-25-10-3-1-4-11-25)37-32(42-31)27-16-18-28(19-17-27)41-23-9-22-39/h1-8,10-19,31,36,39H,9,20-24H2,(H,38,40)/t31-,34-/m0/s1. The van der Waals surface area contributed by atoms with Gasteiger partial charge in [0.25, 0.3) is 5.91 Å². The Labute approximate surface area is 254 Å². The molecule has 1 aliphatic heterocycles. The van der Waals surface area contributed by atoms with Gasteiger partial charge in [0.05, 0.1) is 6.61 Å². The van der Waals surface area contributed by atoms with E-state index < -0.39 is 11.6 Å². The highest BCUT2D eigenvalue weighted by atomic mass is 79.9. The summed E-state index contributed by atoms with van der Waals surface area (Å²) < 4.78 is 13.1. The lowest BCUT2D eigenvalue weighted by atomic mass is 9.82. The molecule has 0 saturated heterocycles. The summed E-state index contributed by atoms with van der Waals surface area (Å²) in [6.45, 7) is 1.06. The van der Waals surface area contributed by atoms with Gasteiger partial charge in [-0.1, -0.05) is 94.8 Å². The van der Waals surface area contributed by atoms with E-state index in [1.807, 2.05) is 97.1 Å². The van der Waals surface area contributed by atoms with Crippen molar-refractivity contribution >= 4 is 27.7 Å². The first-order valence-corrected chi connectivity index (χ1v) is 14.8. The Morgan fingerprint density at radius 1 is 0.905 bits per heavy atom. The average molecular weight is 629 g/mol. The Bertz CT molecular complexity index is 1480. The molecule has 3 N–H and O–H groups in total. The van der Waals surface area contributed by atoms with Crippen molar-refractivity contribution in [2.24, 2.45) is 4.99 Å². The SMILES string of the molecule is O=C(NNCCc1ccccc1)[C@@]1(Cc2ccccc2)N=C(c2ccc(OCCCO)cc2)O[C@H]1c1ccccc1Br. The van der Waals surface area contributed by atoms with Crippen LogP contribution in [0.3, 0.4) is 0 Å². The molecule has 0 unspecified atom stereocenters. The third-order valence-electron chi connectivity index (χ3n) is 7.12. The molecule has 0 bridgehead atoms. The first kappa shape index (κ1) is 29.5. The van der Waals surface area contributed by atoms with Crippen LogP contribution < -0.4 is 15.6 Å². The van der Waals surface area contributed by atoms with Gasteiger partial charge >= 0.3 is 0 Å². The van der Waals surface area contributed by atoms with Gasteiger partial charge in [-0.25, -0.2) is 10.4 Å². The number of benzene rings is 4. The zero-order chi connectivity index (χ0) is 29.2. The van der Waals surface area contributed by atoms with Gasteiger partial charge < -0.3 is 14.6 Å². The minimum Gasteiger partial charge on any atom is -0.494 e. The van der Waals surface area contributed by atoms with E-state index in [0.717, 1.165) is 27.6 Å². The maximum atomic E-state index is 14.2. The first-order valence-electron chi connectivity index (χ1n) is 14.1. The van der Waals surface area contributed by atoms with Crippen LogP contribution in [0.25, 0.3) is 0 Å². The van der Waals surface area contributed by atoms with Crippen LogP contribution in [0.4, 0.5) is 0 Å². The van der Waals surface area contributed by atoms with Gasteiger partial charge in [0, 0.05) is 41.6 Å². The number of nitrogens with zero attached hydrogens (tertiary/aromatic N) is 1. The number of amides is 1. The monoisotopic (exact) mass is 627 g/mol. The number of aliphatic imine (C=N–C) groups is 1. The number of carbonyl (C=O) groups excluding carboxylic acids is 1. The number of ether oxygens (including phenoxy) is 2. The van der Waals surface area contributed by atoms with Gasteiger partial charge in [-0.2, -0.15) is 0 Å². The van der Waals surface area contributed by atoms with Crippen LogP contribution in [-0.2, 0) is 22.4 Å². The molecular formula is C34H34BrN3O4. The van der Waals surface area contributed by atoms with E-state index >= 15 is 0 Å². The number of carbonyl (C=O) groups is 1. The minimum absolute atomic E-state index is 0.0752. The van der Waals surface area contributed by atoms with Crippen LogP contribution >= 0.6 is 15.9 Å². The molecule has 0 aromatic heterocycles. The number of hydrogen-bond acceptors (Lipinski definition) is 6. The Hall–Kier alpha value is -3.98. The van der Waals surface area contributed by atoms with Gasteiger partial charge in [-0.3, -0.25) is 10.2 Å². The summed E-state index contributed by atoms with van der Waals surface area (Å²) in [6.07, 6.45) is 0.956. The first-order chi connectivity index (χ1) is 20.6. The van der Waals surface area contributed by atoms with Crippen molar-refractivity contribution < 1.29 is 19.4 Å². The fourth-order valence-corrected chi connectivity index (χ4v) is 5.45. The largest absolute Gasteiger partial charge is 0.494 e. The van der Waals surface area contributed by atoms with Crippen LogP contribution in [0.1, 0.15) is 34.8 Å². The lowest BCUT2D eigenvalue weighted by molar-refractivity contribution is -0.130. The van der Waals surface area contributed by atoms with E-state index in [1.165, 1.54) is 5.56 Å². The third kappa shape index (κ3) is 7.07. The number of hydrazine groups is 1. The van der Waals surface area contributed by atoms with Crippen molar-refractivity contribution in [1.82, 2.24) is 10.9 Å². The number of aliphatic hydroxyl groups excluding tert-OH is 1. The molecule has 216 valence electrons. The molecule has 0 spiro atoms. The van der Waals surface area contributed by atoms with Crippen LogP contribution in [0.2, 0.25) is 0 Å². The molecule has 7 nitrogen and oxygen atoms in total. The minimum atomic E-state index is -1.30. The zero-order valence-electron chi connectivity index (χ0n) is 23.2. The highest BCUT2D eigenvalue weighted by Crippen LogP contribution is 2.44. The molecule has 1 amide bonds. The molecule has 4 aromatic carbocycles. The van der Waals surface area contributed by atoms with Crippen molar-refractivity contribution in [3.8, 4) is 5.75 Å². The lowest BCUT2D eigenvalue weighted by Crippen LogP contribution is -2.54. The van der Waals surface area contributed by atoms with Gasteiger partial charge in [-0.05, 0) is 47.9 Å². The van der Waals surface area contributed by atoms with E-state index in [0.29, 0.717) is 37.6 Å². The second kappa shape index (κ2) is 14.3. The van der Waals surface area contributed by atoms with Gasteiger partial charge in [0.15, 0.2) is 11.6 Å². The highest BCUT2D eigenvalue weighted by Gasteiger charge is 2.53. The number of rotatable bonds is 13. The van der Waals surface area contributed by atoms with Crippen molar-refractivity contribution in [1.29, 1.82) is 0 Å². The number of halogens is 1. The summed E-state index contributed by atoms with van der Waals surface area (Å²) in [4.78, 5) is 19.3. The molecule has 8 heteroatoms. The van der Waals surface area contributed by atoms with E-state index in [1.54, 1.807) is 0 Å². The second-order valence-corrected chi connectivity index (χ2v) is 10.9.